The molecule has 1 N–H and O–H groups in total. The molecule has 0 saturated carbocycles. The van der Waals surface area contributed by atoms with E-state index in [0.717, 1.165) is 10.7 Å². The van der Waals surface area contributed by atoms with Crippen molar-refractivity contribution in [2.45, 2.75) is 26.4 Å². The summed E-state index contributed by atoms with van der Waals surface area (Å²) in [5.74, 6) is -1.02. The number of halogens is 2. The van der Waals surface area contributed by atoms with Crippen LogP contribution in [-0.2, 0) is 4.74 Å². The van der Waals surface area contributed by atoms with Crippen molar-refractivity contribution >= 4 is 17.7 Å². The van der Waals surface area contributed by atoms with Gasteiger partial charge in [-0.1, -0.05) is 11.6 Å². The first kappa shape index (κ1) is 15.3. The maximum atomic E-state index is 13.2. The molecular formula is C14H14ClFN2O3. The van der Waals surface area contributed by atoms with Crippen LogP contribution in [0.1, 0.15) is 20.8 Å². The van der Waals surface area contributed by atoms with E-state index in [1.807, 2.05) is 0 Å². The van der Waals surface area contributed by atoms with Crippen LogP contribution in [0.3, 0.4) is 0 Å². The minimum absolute atomic E-state index is 0.132. The van der Waals surface area contributed by atoms with Crippen LogP contribution in [0, 0.1) is 5.82 Å². The number of aromatic hydroxyl groups is 1. The molecule has 0 radical (unpaired) electrons. The summed E-state index contributed by atoms with van der Waals surface area (Å²) in [7, 11) is 0. The normalized spacial score (nSPS) is 11.5. The van der Waals surface area contributed by atoms with Crippen LogP contribution < -0.4 is 0 Å². The predicted octanol–water partition coefficient (Wildman–Crippen LogP) is 3.83. The lowest BCUT2D eigenvalue weighted by Crippen LogP contribution is -2.27. The largest absolute Gasteiger partial charge is 0.507 e. The molecule has 112 valence electrons. The van der Waals surface area contributed by atoms with Crippen molar-refractivity contribution in [3.63, 3.8) is 0 Å². The number of carbonyl (C=O) groups excluding carboxylic acids is 1. The van der Waals surface area contributed by atoms with Gasteiger partial charge in [-0.05, 0) is 26.8 Å². The molecule has 1 aromatic heterocycles. The summed E-state index contributed by atoms with van der Waals surface area (Å²) in [5.41, 5.74) is 0.0429. The second-order valence-electron chi connectivity index (χ2n) is 5.44. The minimum Gasteiger partial charge on any atom is -0.507 e. The van der Waals surface area contributed by atoms with Crippen molar-refractivity contribution in [2.75, 3.05) is 0 Å². The van der Waals surface area contributed by atoms with Gasteiger partial charge in [0.1, 0.15) is 17.2 Å². The molecule has 1 heterocycles. The lowest BCUT2D eigenvalue weighted by atomic mass is 10.1. The number of hydrogen-bond donors (Lipinski definition) is 1. The molecular weight excluding hydrogens is 299 g/mol. The number of phenolic OH excluding ortho intramolecular Hbond substituents is 1. The van der Waals surface area contributed by atoms with Gasteiger partial charge in [0.2, 0.25) is 0 Å². The molecule has 0 aliphatic carbocycles. The van der Waals surface area contributed by atoms with E-state index in [2.05, 4.69) is 5.10 Å². The summed E-state index contributed by atoms with van der Waals surface area (Å²) in [6, 6.07) is 2.17. The Hall–Kier alpha value is -2.08. The number of nitrogens with zero attached hydrogens (tertiary/aromatic N) is 2. The van der Waals surface area contributed by atoms with Crippen LogP contribution in [0.25, 0.3) is 11.1 Å². The van der Waals surface area contributed by atoms with Gasteiger partial charge in [-0.3, -0.25) is 0 Å². The van der Waals surface area contributed by atoms with Crippen molar-refractivity contribution in [3.05, 3.63) is 35.4 Å². The Kier molecular flexibility index (Phi) is 3.91. The molecule has 1 aromatic carbocycles. The van der Waals surface area contributed by atoms with Gasteiger partial charge >= 0.3 is 6.09 Å². The summed E-state index contributed by atoms with van der Waals surface area (Å²) in [6.07, 6.45) is 2.08. The molecule has 21 heavy (non-hydrogen) atoms. The zero-order valence-corrected chi connectivity index (χ0v) is 12.5. The number of aromatic nitrogens is 2. The van der Waals surface area contributed by atoms with Gasteiger partial charge in [-0.2, -0.15) is 9.78 Å². The monoisotopic (exact) mass is 312 g/mol. The molecule has 0 aliphatic rings. The van der Waals surface area contributed by atoms with E-state index in [1.54, 1.807) is 20.8 Å². The lowest BCUT2D eigenvalue weighted by Gasteiger charge is -2.18. The van der Waals surface area contributed by atoms with E-state index in [1.165, 1.54) is 18.5 Å². The van der Waals surface area contributed by atoms with E-state index < -0.39 is 17.5 Å². The summed E-state index contributed by atoms with van der Waals surface area (Å²) < 4.78 is 19.4. The summed E-state index contributed by atoms with van der Waals surface area (Å²) >= 11 is 5.69. The highest BCUT2D eigenvalue weighted by molar-refractivity contribution is 6.31. The quantitative estimate of drug-likeness (QED) is 0.869. The number of rotatable bonds is 1. The van der Waals surface area contributed by atoms with Gasteiger partial charge in [-0.25, -0.2) is 9.18 Å². The van der Waals surface area contributed by atoms with Crippen LogP contribution in [-0.4, -0.2) is 26.6 Å². The molecule has 2 rings (SSSR count). The van der Waals surface area contributed by atoms with Gasteiger partial charge in [0, 0.05) is 23.4 Å². The first-order valence-electron chi connectivity index (χ1n) is 6.14. The van der Waals surface area contributed by atoms with Crippen molar-refractivity contribution in [2.24, 2.45) is 0 Å². The molecule has 0 amide bonds. The maximum absolute atomic E-state index is 13.2. The Labute approximate surface area is 125 Å². The number of phenols is 1. The molecule has 5 nitrogen and oxygen atoms in total. The van der Waals surface area contributed by atoms with E-state index in [4.69, 9.17) is 16.3 Å². The second-order valence-corrected chi connectivity index (χ2v) is 5.84. The summed E-state index contributed by atoms with van der Waals surface area (Å²) in [4.78, 5) is 11.8. The molecule has 0 unspecified atom stereocenters. The van der Waals surface area contributed by atoms with Gasteiger partial charge < -0.3 is 9.84 Å². The zero-order chi connectivity index (χ0) is 15.8. The van der Waals surface area contributed by atoms with E-state index in [-0.39, 0.29) is 16.3 Å². The Morgan fingerprint density at radius 1 is 1.43 bits per heavy atom. The van der Waals surface area contributed by atoms with E-state index >= 15 is 0 Å². The van der Waals surface area contributed by atoms with Gasteiger partial charge in [0.05, 0.1) is 11.2 Å². The summed E-state index contributed by atoms with van der Waals surface area (Å²) in [6.45, 7) is 5.21. The van der Waals surface area contributed by atoms with E-state index in [9.17, 15) is 14.3 Å². The topological polar surface area (TPSA) is 64.3 Å². The Bertz CT molecular complexity index is 692. The Morgan fingerprint density at radius 3 is 2.71 bits per heavy atom. The zero-order valence-electron chi connectivity index (χ0n) is 11.7. The standard InChI is InChI=1S/C14H14ClFN2O3/c1-14(2,3)21-13(20)18-7-8(6-17-18)9-4-10(15)11(16)5-12(9)19/h4-7,19H,1-3H3. The van der Waals surface area contributed by atoms with Crippen LogP contribution in [0.15, 0.2) is 24.5 Å². The fraction of sp³-hybridized carbons (Fsp3) is 0.286. The van der Waals surface area contributed by atoms with Gasteiger partial charge in [0.25, 0.3) is 0 Å². The van der Waals surface area contributed by atoms with Crippen molar-refractivity contribution in [3.8, 4) is 16.9 Å². The van der Waals surface area contributed by atoms with Crippen LogP contribution in [0.2, 0.25) is 5.02 Å². The molecule has 2 aromatic rings. The first-order chi connectivity index (χ1) is 9.67. The Balaban J connectivity index is 2.32. The number of ether oxygens (including phenoxy) is 1. The van der Waals surface area contributed by atoms with Crippen LogP contribution in [0.5, 0.6) is 5.75 Å². The molecule has 0 aliphatic heterocycles. The average Bonchev–Trinajstić information content (AvgIpc) is 2.81. The SMILES string of the molecule is CC(C)(C)OC(=O)n1cc(-c2cc(Cl)c(F)cc2O)cn1. The third-order valence-corrected chi connectivity index (χ3v) is 2.80. The molecule has 7 heteroatoms. The lowest BCUT2D eigenvalue weighted by molar-refractivity contribution is 0.0514. The fourth-order valence-corrected chi connectivity index (χ4v) is 1.80. The predicted molar refractivity (Wildman–Crippen MR) is 75.9 cm³/mol. The number of hydrogen-bond acceptors (Lipinski definition) is 4. The second kappa shape index (κ2) is 5.37. The highest BCUT2D eigenvalue weighted by atomic mass is 35.5. The third-order valence-electron chi connectivity index (χ3n) is 2.51. The van der Waals surface area contributed by atoms with Gasteiger partial charge in [0.15, 0.2) is 0 Å². The van der Waals surface area contributed by atoms with Crippen molar-refractivity contribution in [1.82, 2.24) is 9.78 Å². The Morgan fingerprint density at radius 2 is 2.10 bits per heavy atom. The van der Waals surface area contributed by atoms with Crippen LogP contribution in [0.4, 0.5) is 9.18 Å². The maximum Gasteiger partial charge on any atom is 0.435 e. The van der Waals surface area contributed by atoms with Gasteiger partial charge in [-0.15, -0.1) is 0 Å². The molecule has 0 fully saturated rings. The highest BCUT2D eigenvalue weighted by Crippen LogP contribution is 2.33. The molecule has 0 bridgehead atoms. The highest BCUT2D eigenvalue weighted by Gasteiger charge is 2.19. The minimum atomic E-state index is -0.725. The third kappa shape index (κ3) is 3.52. The van der Waals surface area contributed by atoms with Crippen molar-refractivity contribution < 1.29 is 19.0 Å². The molecule has 0 spiro atoms. The number of carbonyl (C=O) groups is 1. The number of benzene rings is 1. The smallest absolute Gasteiger partial charge is 0.435 e. The van der Waals surface area contributed by atoms with E-state index in [0.29, 0.717) is 5.56 Å². The fourth-order valence-electron chi connectivity index (χ4n) is 1.64. The van der Waals surface area contributed by atoms with Crippen LogP contribution >= 0.6 is 11.6 Å². The molecule has 0 atom stereocenters. The summed E-state index contributed by atoms with van der Waals surface area (Å²) in [5, 5.41) is 13.5. The average molecular weight is 313 g/mol. The van der Waals surface area contributed by atoms with Crippen molar-refractivity contribution in [1.29, 1.82) is 0 Å². The first-order valence-corrected chi connectivity index (χ1v) is 6.51. The molecule has 0 saturated heterocycles.